The highest BCUT2D eigenvalue weighted by atomic mass is 16.5. The monoisotopic (exact) mass is 1530 g/mol. The minimum Gasteiger partial charge on any atom is -0.478 e. The minimum atomic E-state index is -1.08. The van der Waals surface area contributed by atoms with Crippen molar-refractivity contribution in [2.75, 3.05) is 0 Å². The molecule has 0 unspecified atom stereocenters. The zero-order valence-corrected chi connectivity index (χ0v) is 65.3. The van der Waals surface area contributed by atoms with Gasteiger partial charge in [-0.15, -0.1) is 0 Å². The number of aryl methyl sites for hydroxylation is 1. The fourth-order valence-corrected chi connectivity index (χ4v) is 15.1. The lowest BCUT2D eigenvalue weighted by Gasteiger charge is -2.25. The Balaban J connectivity index is 0.829. The van der Waals surface area contributed by atoms with Gasteiger partial charge in [0.25, 0.3) is 0 Å². The molecule has 0 radical (unpaired) electrons. The third-order valence-electron chi connectivity index (χ3n) is 20.8. The summed E-state index contributed by atoms with van der Waals surface area (Å²) < 4.78 is 6.99. The van der Waals surface area contributed by atoms with Crippen LogP contribution in [0, 0.1) is 66.1 Å². The summed E-state index contributed by atoms with van der Waals surface area (Å²) in [6.45, 7) is 1.94. The first-order valence-corrected chi connectivity index (χ1v) is 39.4. The predicted octanol–water partition coefficient (Wildman–Crippen LogP) is 26.9. The van der Waals surface area contributed by atoms with E-state index in [1.807, 2.05) is 225 Å². The van der Waals surface area contributed by atoms with Gasteiger partial charge in [-0.3, -0.25) is 0 Å². The fraction of sp³-hybridized carbons (Fsp3) is 0.00870. The van der Waals surface area contributed by atoms with Crippen LogP contribution in [0.3, 0.4) is 0 Å². The third-order valence-corrected chi connectivity index (χ3v) is 20.8. The molecule has 0 heterocycles. The zero-order valence-electron chi connectivity index (χ0n) is 65.3. The smallest absolute Gasteiger partial charge is 0.335 e. The van der Waals surface area contributed by atoms with Gasteiger partial charge in [0.15, 0.2) is 0 Å². The molecule has 2 N–H and O–H groups in total. The lowest BCUT2D eigenvalue weighted by molar-refractivity contribution is 0.0686. The van der Waals surface area contributed by atoms with Gasteiger partial charge < -0.3 is 14.9 Å². The van der Waals surface area contributed by atoms with Gasteiger partial charge >= 0.3 is 11.9 Å². The van der Waals surface area contributed by atoms with Crippen LogP contribution in [0.2, 0.25) is 0 Å². The van der Waals surface area contributed by atoms with E-state index in [0.717, 1.165) is 161 Å². The highest BCUT2D eigenvalue weighted by Gasteiger charge is 2.28. The molecule has 0 fully saturated rings. The quantitative estimate of drug-likeness (QED) is 0.106. The molecule has 0 bridgehead atoms. The third kappa shape index (κ3) is 17.6. The average molecular weight is 1530 g/mol. The van der Waals surface area contributed by atoms with Crippen molar-refractivity contribution in [3.63, 3.8) is 0 Å². The number of carboxylic acids is 2. The second kappa shape index (κ2) is 35.3. The highest BCUT2D eigenvalue weighted by molar-refractivity contribution is 6.10. The number of carbonyl (C=O) groups is 2. The normalized spacial score (nSPS) is 10.5. The van der Waals surface area contributed by atoms with Gasteiger partial charge in [-0.1, -0.05) is 290 Å². The van der Waals surface area contributed by atoms with Crippen molar-refractivity contribution < 1.29 is 24.5 Å². The first-order chi connectivity index (χ1) is 59.0. The topological polar surface area (TPSA) is 83.8 Å². The van der Waals surface area contributed by atoms with Crippen LogP contribution in [0.25, 0.3) is 111 Å². The summed E-state index contributed by atoms with van der Waals surface area (Å²) in [7, 11) is 0. The van der Waals surface area contributed by atoms with E-state index >= 15 is 0 Å². The lowest BCUT2D eigenvalue weighted by atomic mass is 9.78. The predicted molar refractivity (Wildman–Crippen MR) is 488 cm³/mol. The number of hydrogen-bond acceptors (Lipinski definition) is 3. The van der Waals surface area contributed by atoms with Crippen molar-refractivity contribution in [3.8, 4) is 182 Å². The SMILES string of the molecule is Cc1cc(C(=O)O)cc(-c2cc(-c3ccc(C#Cc4ccccc4)cc3)c(-c3ccc(Oc4ccc(-c5c(-c6ccc(C#Cc7ccccc7)cc6)cc(-c6cc(C#Cc7ccccc7)cc(C(=O)O)c6)c(-c6ccc(C#Cc7ccccc7)cc6)c5-c5ccccc5)cc4)cc3)c(-c3ccccc3)c2-c2ccc(C#Cc3ccccc3)cc2)c1. The summed E-state index contributed by atoms with van der Waals surface area (Å²) in [4.78, 5) is 26.5. The van der Waals surface area contributed by atoms with Crippen molar-refractivity contribution in [1.82, 2.24) is 0 Å². The summed E-state index contributed by atoms with van der Waals surface area (Å²) in [6, 6.07) is 135. The molecule has 0 saturated heterocycles. The number of benzene rings is 17. The van der Waals surface area contributed by atoms with Gasteiger partial charge in [0.2, 0.25) is 0 Å². The molecule has 0 spiro atoms. The first kappa shape index (κ1) is 75.9. The molecular weight excluding hydrogens is 1460 g/mol. The standard InChI is InChI=1S/C115H72O5/c1-79-71-98(75-100(72-79)114(116)117)106-77-104(90-55-47-85(48-56-90)41-37-80-23-9-2-10-24-80)108(112(92-33-19-7-20-34-92)110(106)94-59-51-87(52-60-94)43-39-82-27-13-4-14-28-82)96-63-67-102(68-64-96)120-103-69-65-97(66-70-103)109-105(91-57-49-86(50-58-91)42-38-81-25-11-3-12-26-81)78-107(99-73-89(74-101(76-99)115(118)119)46-45-84-31-17-6-18-32-84)111(113(109)93-35-21-8-22-36-93)95-61-53-88(54-62-95)44-40-83-29-15-5-16-30-83/h2-36,47-78H,1H3,(H,116,117)(H,118,119). The molecular formula is C115H72O5. The fourth-order valence-electron chi connectivity index (χ4n) is 15.1. The molecule has 5 heteroatoms. The van der Waals surface area contributed by atoms with Crippen LogP contribution in [-0.2, 0) is 0 Å². The molecule has 17 aromatic carbocycles. The molecule has 0 atom stereocenters. The van der Waals surface area contributed by atoms with Crippen LogP contribution >= 0.6 is 0 Å². The van der Waals surface area contributed by atoms with Gasteiger partial charge in [-0.05, 0) is 300 Å². The molecule has 0 saturated carbocycles. The Morgan fingerprint density at radius 2 is 0.425 bits per heavy atom. The maximum Gasteiger partial charge on any atom is 0.335 e. The molecule has 120 heavy (non-hydrogen) atoms. The number of hydrogen-bond donors (Lipinski definition) is 2. The highest BCUT2D eigenvalue weighted by Crippen LogP contribution is 2.53. The Labute approximate surface area is 699 Å². The van der Waals surface area contributed by atoms with E-state index in [4.69, 9.17) is 4.74 Å². The van der Waals surface area contributed by atoms with E-state index in [1.54, 1.807) is 24.3 Å². The van der Waals surface area contributed by atoms with Crippen LogP contribution in [0.5, 0.6) is 11.5 Å². The molecule has 5 nitrogen and oxygen atoms in total. The Morgan fingerprint density at radius 3 is 0.717 bits per heavy atom. The minimum absolute atomic E-state index is 0.0960. The Kier molecular flexibility index (Phi) is 22.4. The van der Waals surface area contributed by atoms with Gasteiger partial charge in [0, 0.05) is 55.6 Å². The van der Waals surface area contributed by atoms with E-state index in [9.17, 15) is 19.8 Å². The van der Waals surface area contributed by atoms with E-state index < -0.39 is 11.9 Å². The molecule has 17 rings (SSSR count). The summed E-state index contributed by atoms with van der Waals surface area (Å²) in [5, 5.41) is 21.7. The van der Waals surface area contributed by atoms with E-state index in [1.165, 1.54) is 0 Å². The van der Waals surface area contributed by atoms with Crippen molar-refractivity contribution in [2.24, 2.45) is 0 Å². The van der Waals surface area contributed by atoms with Gasteiger partial charge in [0.05, 0.1) is 11.1 Å². The van der Waals surface area contributed by atoms with Crippen molar-refractivity contribution in [3.05, 3.63) is 479 Å². The van der Waals surface area contributed by atoms with Crippen LogP contribution in [0.4, 0.5) is 0 Å². The Hall–Kier alpha value is -16.7. The van der Waals surface area contributed by atoms with Gasteiger partial charge in [0.1, 0.15) is 11.5 Å². The maximum absolute atomic E-state index is 13.4. The molecule has 0 aliphatic heterocycles. The summed E-state index contributed by atoms with van der Waals surface area (Å²) >= 11 is 0. The van der Waals surface area contributed by atoms with Gasteiger partial charge in [-0.25, -0.2) is 9.59 Å². The van der Waals surface area contributed by atoms with Crippen LogP contribution in [-0.4, -0.2) is 22.2 Å². The number of rotatable bonds is 14. The first-order valence-electron chi connectivity index (χ1n) is 39.4. The zero-order chi connectivity index (χ0) is 81.5. The molecule has 0 aromatic heterocycles. The van der Waals surface area contributed by atoms with Crippen molar-refractivity contribution >= 4 is 11.9 Å². The molecule has 0 amide bonds. The van der Waals surface area contributed by atoms with Crippen LogP contribution < -0.4 is 4.74 Å². The van der Waals surface area contributed by atoms with Gasteiger partial charge in [-0.2, -0.15) is 0 Å². The van der Waals surface area contributed by atoms with Crippen LogP contribution in [0.1, 0.15) is 81.9 Å². The summed E-state index contributed by atoms with van der Waals surface area (Å²) in [5.41, 5.74) is 27.1. The summed E-state index contributed by atoms with van der Waals surface area (Å²) in [6.07, 6.45) is 0. The molecule has 562 valence electrons. The van der Waals surface area contributed by atoms with E-state index in [0.29, 0.717) is 22.6 Å². The van der Waals surface area contributed by atoms with Crippen LogP contribution in [0.15, 0.2) is 406 Å². The van der Waals surface area contributed by atoms with E-state index in [-0.39, 0.29) is 11.1 Å². The number of carboxylic acid groups (broad SMARTS) is 2. The second-order valence-corrected chi connectivity index (χ2v) is 29.0. The lowest BCUT2D eigenvalue weighted by Crippen LogP contribution is -2.01. The molecule has 0 aliphatic rings. The summed E-state index contributed by atoms with van der Waals surface area (Å²) in [5.74, 6) is 32.6. The number of aromatic carboxylic acids is 2. The van der Waals surface area contributed by atoms with Crippen molar-refractivity contribution in [1.29, 1.82) is 0 Å². The maximum atomic E-state index is 13.4. The largest absolute Gasteiger partial charge is 0.478 e. The second-order valence-electron chi connectivity index (χ2n) is 29.0. The molecule has 17 aromatic rings. The Bertz CT molecular complexity index is 7010. The van der Waals surface area contributed by atoms with Crippen molar-refractivity contribution in [2.45, 2.75) is 6.92 Å². The average Bonchev–Trinajstić information content (AvgIpc) is 0.737. The molecule has 0 aliphatic carbocycles. The Morgan fingerprint density at radius 1 is 0.200 bits per heavy atom. The number of ether oxygens (including phenoxy) is 1. The van der Waals surface area contributed by atoms with E-state index in [2.05, 4.69) is 223 Å².